The molecule has 0 N–H and O–H groups in total. The van der Waals surface area contributed by atoms with Crippen molar-refractivity contribution in [3.8, 4) is 0 Å². The van der Waals surface area contributed by atoms with Crippen LogP contribution in [0.5, 0.6) is 0 Å². The summed E-state index contributed by atoms with van der Waals surface area (Å²) in [5, 5.41) is 2.11. The van der Waals surface area contributed by atoms with Crippen LogP contribution in [0.4, 0.5) is 0 Å². The number of aromatic nitrogens is 3. The molecule has 0 unspecified atom stereocenters. The molecule has 0 aliphatic carbocycles. The van der Waals surface area contributed by atoms with Gasteiger partial charge in [-0.2, -0.15) is 15.0 Å². The SMILES string of the molecule is C1CSC(Sc2nc(SC3=NCCS3)nc(SC3=NCCS3)n2)=N1. The summed E-state index contributed by atoms with van der Waals surface area (Å²) < 4.78 is 3.11. The van der Waals surface area contributed by atoms with E-state index in [1.54, 1.807) is 35.3 Å². The molecule has 4 heterocycles. The van der Waals surface area contributed by atoms with Gasteiger partial charge >= 0.3 is 0 Å². The molecule has 0 atom stereocenters. The van der Waals surface area contributed by atoms with E-state index in [1.165, 1.54) is 35.3 Å². The summed E-state index contributed by atoms with van der Waals surface area (Å²) in [6.07, 6.45) is 0. The maximum absolute atomic E-state index is 4.59. The van der Waals surface area contributed by atoms with Crippen molar-refractivity contribution >= 4 is 83.7 Å². The van der Waals surface area contributed by atoms with Gasteiger partial charge in [0.05, 0.1) is 19.6 Å². The lowest BCUT2D eigenvalue weighted by Crippen LogP contribution is -2.00. The third-order valence-corrected chi connectivity index (χ3v) is 8.89. The smallest absolute Gasteiger partial charge is 0.199 e. The summed E-state index contributed by atoms with van der Waals surface area (Å²) in [5.74, 6) is 3.12. The number of aliphatic imine (C=N–C) groups is 3. The van der Waals surface area contributed by atoms with Crippen molar-refractivity contribution in [2.75, 3.05) is 36.9 Å². The van der Waals surface area contributed by atoms with Crippen LogP contribution in [0.1, 0.15) is 0 Å². The van der Waals surface area contributed by atoms with Crippen LogP contribution in [-0.2, 0) is 0 Å². The molecule has 1 aromatic rings. The van der Waals surface area contributed by atoms with E-state index >= 15 is 0 Å². The Morgan fingerprint density at radius 3 is 1.12 bits per heavy atom. The predicted octanol–water partition coefficient (Wildman–Crippen LogP) is 3.46. The van der Waals surface area contributed by atoms with Gasteiger partial charge in [-0.05, 0) is 35.3 Å². The highest BCUT2D eigenvalue weighted by molar-refractivity contribution is 8.40. The number of thioether (sulfide) groups is 6. The van der Waals surface area contributed by atoms with E-state index in [4.69, 9.17) is 0 Å². The maximum Gasteiger partial charge on any atom is 0.199 e. The van der Waals surface area contributed by atoms with E-state index in [1.807, 2.05) is 0 Å². The van der Waals surface area contributed by atoms with Crippen molar-refractivity contribution in [2.24, 2.45) is 15.0 Å². The monoisotopic (exact) mass is 432 g/mol. The predicted molar refractivity (Wildman–Crippen MR) is 112 cm³/mol. The fourth-order valence-corrected chi connectivity index (χ4v) is 7.47. The van der Waals surface area contributed by atoms with Crippen LogP contribution in [0.15, 0.2) is 30.4 Å². The Kier molecular flexibility index (Phi) is 6.33. The molecular weight excluding hydrogens is 421 g/mol. The van der Waals surface area contributed by atoms with Crippen molar-refractivity contribution in [3.63, 3.8) is 0 Å². The van der Waals surface area contributed by atoms with Crippen LogP contribution in [0.2, 0.25) is 0 Å². The van der Waals surface area contributed by atoms with Gasteiger partial charge in [-0.15, -0.1) is 0 Å². The number of nitrogens with zero attached hydrogens (tertiary/aromatic N) is 6. The van der Waals surface area contributed by atoms with E-state index in [0.717, 1.165) is 50.0 Å². The van der Waals surface area contributed by atoms with Gasteiger partial charge in [-0.1, -0.05) is 35.3 Å². The molecule has 1 aromatic heterocycles. The molecular formula is C12H12N6S6. The minimum Gasteiger partial charge on any atom is -0.270 e. The summed E-state index contributed by atoms with van der Waals surface area (Å²) in [6.45, 7) is 2.63. The highest BCUT2D eigenvalue weighted by Crippen LogP contribution is 2.33. The van der Waals surface area contributed by atoms with Crippen LogP contribution in [-0.4, -0.2) is 65.0 Å². The molecule has 0 fully saturated rings. The van der Waals surface area contributed by atoms with Gasteiger partial charge in [0, 0.05) is 17.3 Å². The lowest BCUT2D eigenvalue weighted by Gasteiger charge is -2.05. The molecule has 0 bridgehead atoms. The molecule has 126 valence electrons. The van der Waals surface area contributed by atoms with Crippen LogP contribution >= 0.6 is 70.6 Å². The standard InChI is InChI=1S/C12H12N6S6/c1-4-19-10(13-1)22-7-16-8(23-11-14-2-5-20-11)18-9(17-7)24-12-15-3-6-21-12/h1-6H2. The van der Waals surface area contributed by atoms with Crippen molar-refractivity contribution in [1.29, 1.82) is 0 Å². The lowest BCUT2D eigenvalue weighted by molar-refractivity contribution is 0.722. The van der Waals surface area contributed by atoms with Crippen LogP contribution in [0.3, 0.4) is 0 Å². The summed E-state index contributed by atoms with van der Waals surface area (Å²) in [5.41, 5.74) is 0. The Morgan fingerprint density at radius 1 is 0.542 bits per heavy atom. The largest absolute Gasteiger partial charge is 0.270 e. The van der Waals surface area contributed by atoms with Crippen molar-refractivity contribution < 1.29 is 0 Å². The van der Waals surface area contributed by atoms with Crippen molar-refractivity contribution in [3.05, 3.63) is 0 Å². The van der Waals surface area contributed by atoms with E-state index in [0.29, 0.717) is 15.5 Å². The van der Waals surface area contributed by atoms with Crippen LogP contribution in [0.25, 0.3) is 0 Å². The molecule has 24 heavy (non-hydrogen) atoms. The van der Waals surface area contributed by atoms with Gasteiger partial charge in [-0.3, -0.25) is 15.0 Å². The number of hydrogen-bond donors (Lipinski definition) is 0. The molecule has 4 rings (SSSR count). The molecule has 0 aromatic carbocycles. The first-order valence-corrected chi connectivity index (χ1v) is 12.6. The van der Waals surface area contributed by atoms with Gasteiger partial charge in [0.25, 0.3) is 0 Å². The molecule has 0 saturated carbocycles. The average Bonchev–Trinajstić information content (AvgIpc) is 3.30. The Hall–Kier alpha value is 0.120. The molecule has 3 aliphatic heterocycles. The zero-order valence-electron chi connectivity index (χ0n) is 12.4. The second kappa shape index (κ2) is 8.67. The summed E-state index contributed by atoms with van der Waals surface area (Å²) in [4.78, 5) is 27.2. The second-order valence-electron chi connectivity index (χ2n) is 4.48. The first-order valence-electron chi connectivity index (χ1n) is 7.16. The van der Waals surface area contributed by atoms with E-state index in [-0.39, 0.29) is 0 Å². The summed E-state index contributed by atoms with van der Waals surface area (Å²) in [7, 11) is 0. The van der Waals surface area contributed by atoms with Crippen LogP contribution < -0.4 is 0 Å². The topological polar surface area (TPSA) is 75.8 Å². The second-order valence-corrected chi connectivity index (χ2v) is 11.4. The minimum atomic E-state index is 0.704. The normalized spacial score (nSPS) is 20.2. The fraction of sp³-hybridized carbons (Fsp3) is 0.500. The third-order valence-electron chi connectivity index (χ3n) is 2.78. The Balaban J connectivity index is 1.56. The molecule has 0 spiro atoms. The number of hydrogen-bond acceptors (Lipinski definition) is 12. The first-order chi connectivity index (χ1) is 11.8. The zero-order chi connectivity index (χ0) is 16.2. The molecule has 12 heteroatoms. The van der Waals surface area contributed by atoms with E-state index < -0.39 is 0 Å². The fourth-order valence-electron chi connectivity index (χ4n) is 1.82. The van der Waals surface area contributed by atoms with Crippen LogP contribution in [0, 0.1) is 0 Å². The summed E-state index contributed by atoms with van der Waals surface area (Å²) in [6, 6.07) is 0. The van der Waals surface area contributed by atoms with Gasteiger partial charge < -0.3 is 0 Å². The minimum absolute atomic E-state index is 0.704. The Labute approximate surface area is 165 Å². The Morgan fingerprint density at radius 2 is 0.875 bits per heavy atom. The molecule has 0 saturated heterocycles. The van der Waals surface area contributed by atoms with E-state index in [2.05, 4.69) is 29.9 Å². The average molecular weight is 433 g/mol. The quantitative estimate of drug-likeness (QED) is 0.713. The third kappa shape index (κ3) is 4.85. The van der Waals surface area contributed by atoms with Gasteiger partial charge in [0.15, 0.2) is 15.5 Å². The molecule has 0 radical (unpaired) electrons. The Bertz CT molecular complexity index is 612. The van der Waals surface area contributed by atoms with Gasteiger partial charge in [-0.25, -0.2) is 0 Å². The first kappa shape index (κ1) is 17.5. The van der Waals surface area contributed by atoms with Crippen molar-refractivity contribution in [1.82, 2.24) is 15.0 Å². The lowest BCUT2D eigenvalue weighted by atomic mass is 10.8. The zero-order valence-corrected chi connectivity index (χ0v) is 17.3. The van der Waals surface area contributed by atoms with Gasteiger partial charge in [0.2, 0.25) is 0 Å². The van der Waals surface area contributed by atoms with E-state index in [9.17, 15) is 0 Å². The maximum atomic E-state index is 4.59. The summed E-state index contributed by atoms with van der Waals surface area (Å²) >= 11 is 9.85. The van der Waals surface area contributed by atoms with Gasteiger partial charge in [0.1, 0.15) is 13.1 Å². The highest BCUT2D eigenvalue weighted by Gasteiger charge is 2.18. The number of rotatable bonds is 3. The molecule has 0 amide bonds. The molecule has 6 nitrogen and oxygen atoms in total. The highest BCUT2D eigenvalue weighted by atomic mass is 32.2. The van der Waals surface area contributed by atoms with Crippen molar-refractivity contribution in [2.45, 2.75) is 15.5 Å². The molecule has 3 aliphatic rings.